The van der Waals surface area contributed by atoms with Gasteiger partial charge in [0.25, 0.3) is 5.56 Å². The molecule has 1 heterocycles. The minimum atomic E-state index is -0.365. The van der Waals surface area contributed by atoms with Crippen LogP contribution in [0.5, 0.6) is 5.75 Å². The van der Waals surface area contributed by atoms with Crippen molar-refractivity contribution in [1.82, 2.24) is 9.97 Å². The van der Waals surface area contributed by atoms with Crippen molar-refractivity contribution in [2.45, 2.75) is 6.92 Å². The van der Waals surface area contributed by atoms with E-state index < -0.39 is 0 Å². The highest BCUT2D eigenvalue weighted by molar-refractivity contribution is 9.10. The molecule has 0 bridgehead atoms. The molecule has 6 heteroatoms. The quantitative estimate of drug-likeness (QED) is 0.466. The molecule has 0 atom stereocenters. The minimum Gasteiger partial charge on any atom is -0.505 e. The van der Waals surface area contributed by atoms with E-state index in [2.05, 4.69) is 25.9 Å². The molecule has 0 saturated carbocycles. The molecular formula is C21H14BrFN2O2. The summed E-state index contributed by atoms with van der Waals surface area (Å²) in [5.41, 5.74) is 3.60. The van der Waals surface area contributed by atoms with Crippen molar-refractivity contribution in [3.8, 4) is 28.0 Å². The number of hydrogen-bond donors (Lipinski definition) is 2. The number of nitrogens with zero attached hydrogens (tertiary/aromatic N) is 1. The molecule has 0 unspecified atom stereocenters. The molecule has 4 aromatic rings. The normalized spacial score (nSPS) is 11.1. The number of aryl methyl sites for hydroxylation is 1. The molecule has 0 aliphatic heterocycles. The molecule has 134 valence electrons. The van der Waals surface area contributed by atoms with Gasteiger partial charge < -0.3 is 10.1 Å². The van der Waals surface area contributed by atoms with Gasteiger partial charge in [-0.05, 0) is 46.1 Å². The number of fused-ring (bicyclic) bond motifs is 1. The molecule has 0 fully saturated rings. The predicted molar refractivity (Wildman–Crippen MR) is 107 cm³/mol. The first kappa shape index (κ1) is 17.4. The highest BCUT2D eigenvalue weighted by Crippen LogP contribution is 2.46. The fourth-order valence-electron chi connectivity index (χ4n) is 3.16. The van der Waals surface area contributed by atoms with E-state index in [0.29, 0.717) is 21.2 Å². The summed E-state index contributed by atoms with van der Waals surface area (Å²) in [6.45, 7) is 1.98. The van der Waals surface area contributed by atoms with Crippen LogP contribution in [0.15, 0.2) is 64.1 Å². The van der Waals surface area contributed by atoms with Crippen LogP contribution in [0.4, 0.5) is 4.39 Å². The number of nitrogens with one attached hydrogen (secondary N) is 1. The van der Waals surface area contributed by atoms with E-state index >= 15 is 0 Å². The third-order valence-electron chi connectivity index (χ3n) is 4.48. The van der Waals surface area contributed by atoms with Gasteiger partial charge in [0.15, 0.2) is 5.75 Å². The zero-order valence-electron chi connectivity index (χ0n) is 14.3. The maximum atomic E-state index is 13.4. The van der Waals surface area contributed by atoms with Crippen LogP contribution in [-0.2, 0) is 0 Å². The lowest BCUT2D eigenvalue weighted by molar-refractivity contribution is 0.477. The van der Waals surface area contributed by atoms with Gasteiger partial charge in [-0.3, -0.25) is 4.79 Å². The van der Waals surface area contributed by atoms with E-state index in [0.717, 1.165) is 11.1 Å². The Hall–Kier alpha value is -2.99. The summed E-state index contributed by atoms with van der Waals surface area (Å²) in [4.78, 5) is 19.4. The van der Waals surface area contributed by atoms with E-state index in [4.69, 9.17) is 0 Å². The average Bonchev–Trinajstić information content (AvgIpc) is 2.66. The molecule has 27 heavy (non-hydrogen) atoms. The third-order valence-corrected chi connectivity index (χ3v) is 5.25. The van der Waals surface area contributed by atoms with Gasteiger partial charge in [-0.1, -0.05) is 42.0 Å². The average molecular weight is 425 g/mol. The van der Waals surface area contributed by atoms with Crippen molar-refractivity contribution < 1.29 is 9.50 Å². The third kappa shape index (κ3) is 2.92. The van der Waals surface area contributed by atoms with Gasteiger partial charge >= 0.3 is 0 Å². The predicted octanol–water partition coefficient (Wildman–Crippen LogP) is 5.17. The summed E-state index contributed by atoms with van der Waals surface area (Å²) in [7, 11) is 0. The number of H-pyrrole nitrogens is 1. The largest absolute Gasteiger partial charge is 0.505 e. The number of aromatic hydroxyl groups is 1. The van der Waals surface area contributed by atoms with Crippen molar-refractivity contribution in [2.24, 2.45) is 0 Å². The maximum Gasteiger partial charge on any atom is 0.259 e. The van der Waals surface area contributed by atoms with Crippen molar-refractivity contribution in [3.63, 3.8) is 0 Å². The molecule has 2 N–H and O–H groups in total. The maximum absolute atomic E-state index is 13.4. The van der Waals surface area contributed by atoms with Gasteiger partial charge in [-0.25, -0.2) is 9.37 Å². The van der Waals surface area contributed by atoms with Gasteiger partial charge in [-0.2, -0.15) is 0 Å². The number of aromatic nitrogens is 2. The number of phenols is 1. The molecule has 3 aromatic carbocycles. The van der Waals surface area contributed by atoms with E-state index in [-0.39, 0.29) is 28.0 Å². The first-order chi connectivity index (χ1) is 13.0. The number of aromatic amines is 1. The Morgan fingerprint density at radius 3 is 2.26 bits per heavy atom. The van der Waals surface area contributed by atoms with Crippen molar-refractivity contribution in [2.75, 3.05) is 0 Å². The van der Waals surface area contributed by atoms with Crippen LogP contribution < -0.4 is 5.56 Å². The van der Waals surface area contributed by atoms with Crippen LogP contribution in [0.1, 0.15) is 5.56 Å². The number of phenolic OH excluding ortho intramolecular Hbond substituents is 1. The second-order valence-corrected chi connectivity index (χ2v) is 7.03. The zero-order chi connectivity index (χ0) is 19.1. The second-order valence-electron chi connectivity index (χ2n) is 6.24. The standard InChI is InChI=1S/C21H14BrFN2O2/c1-11-2-4-12(5-3-11)15-16(13-6-8-14(23)9-7-13)18(22)20(26)19-17(15)21(27)25-10-24-19/h2-10,26H,1H3,(H,24,25,27). The number of rotatable bonds is 2. The Kier molecular flexibility index (Phi) is 4.28. The summed E-state index contributed by atoms with van der Waals surface area (Å²) in [6, 6.07) is 13.6. The summed E-state index contributed by atoms with van der Waals surface area (Å²) in [5.74, 6) is -0.498. The Morgan fingerprint density at radius 2 is 1.59 bits per heavy atom. The topological polar surface area (TPSA) is 66.0 Å². The van der Waals surface area contributed by atoms with Gasteiger partial charge in [0, 0.05) is 11.1 Å². The number of hydrogen-bond acceptors (Lipinski definition) is 3. The van der Waals surface area contributed by atoms with Crippen LogP contribution in [0.3, 0.4) is 0 Å². The van der Waals surface area contributed by atoms with Gasteiger partial charge in [0.2, 0.25) is 0 Å². The first-order valence-corrected chi connectivity index (χ1v) is 9.01. The van der Waals surface area contributed by atoms with Gasteiger partial charge in [-0.15, -0.1) is 0 Å². The zero-order valence-corrected chi connectivity index (χ0v) is 15.8. The molecule has 4 nitrogen and oxygen atoms in total. The van der Waals surface area contributed by atoms with Crippen molar-refractivity contribution in [3.05, 3.63) is 81.1 Å². The molecule has 1 aromatic heterocycles. The lowest BCUT2D eigenvalue weighted by Crippen LogP contribution is -2.09. The fraction of sp³-hybridized carbons (Fsp3) is 0.0476. The van der Waals surface area contributed by atoms with Crippen LogP contribution >= 0.6 is 15.9 Å². The fourth-order valence-corrected chi connectivity index (χ4v) is 3.78. The molecule has 0 aliphatic rings. The van der Waals surface area contributed by atoms with Gasteiger partial charge in [0.05, 0.1) is 16.2 Å². The molecule has 0 spiro atoms. The van der Waals surface area contributed by atoms with E-state index in [1.165, 1.54) is 18.5 Å². The Balaban J connectivity index is 2.22. The monoisotopic (exact) mass is 424 g/mol. The summed E-state index contributed by atoms with van der Waals surface area (Å²) < 4.78 is 13.8. The highest BCUT2D eigenvalue weighted by Gasteiger charge is 2.23. The van der Waals surface area contributed by atoms with E-state index in [1.54, 1.807) is 12.1 Å². The SMILES string of the molecule is Cc1ccc(-c2c(-c3ccc(F)cc3)c(Br)c(O)c3nc[nH]c(=O)c23)cc1. The highest BCUT2D eigenvalue weighted by atomic mass is 79.9. The lowest BCUT2D eigenvalue weighted by Gasteiger charge is -2.17. The smallest absolute Gasteiger partial charge is 0.259 e. The summed E-state index contributed by atoms with van der Waals surface area (Å²) in [5, 5.41) is 10.9. The van der Waals surface area contributed by atoms with E-state index in [1.807, 2.05) is 31.2 Å². The number of benzene rings is 3. The molecule has 0 aliphatic carbocycles. The molecule has 0 radical (unpaired) electrons. The van der Waals surface area contributed by atoms with Crippen LogP contribution in [-0.4, -0.2) is 15.1 Å². The van der Waals surface area contributed by atoms with Crippen LogP contribution in [0.25, 0.3) is 33.2 Å². The van der Waals surface area contributed by atoms with Crippen molar-refractivity contribution in [1.29, 1.82) is 0 Å². The molecule has 4 rings (SSSR count). The molecule has 0 saturated heterocycles. The summed E-state index contributed by atoms with van der Waals surface area (Å²) in [6.07, 6.45) is 1.26. The number of halogens is 2. The van der Waals surface area contributed by atoms with Crippen LogP contribution in [0.2, 0.25) is 0 Å². The lowest BCUT2D eigenvalue weighted by atomic mass is 9.90. The van der Waals surface area contributed by atoms with Gasteiger partial charge in [0.1, 0.15) is 11.3 Å². The Labute approximate surface area is 162 Å². The second kappa shape index (κ2) is 6.63. The Bertz CT molecular complexity index is 1220. The molecular weight excluding hydrogens is 411 g/mol. The minimum absolute atomic E-state index is 0.133. The summed E-state index contributed by atoms with van der Waals surface area (Å²) >= 11 is 3.45. The molecule has 0 amide bonds. The Morgan fingerprint density at radius 1 is 1.00 bits per heavy atom. The van der Waals surface area contributed by atoms with E-state index in [9.17, 15) is 14.3 Å². The van der Waals surface area contributed by atoms with Crippen molar-refractivity contribution >= 4 is 26.8 Å². The van der Waals surface area contributed by atoms with Crippen LogP contribution in [0, 0.1) is 12.7 Å². The first-order valence-electron chi connectivity index (χ1n) is 8.22.